The van der Waals surface area contributed by atoms with E-state index in [4.69, 9.17) is 0 Å². The van der Waals surface area contributed by atoms with Crippen molar-refractivity contribution in [2.24, 2.45) is 7.05 Å². The van der Waals surface area contributed by atoms with Gasteiger partial charge in [-0.05, 0) is 41.4 Å². The highest BCUT2D eigenvalue weighted by molar-refractivity contribution is 9.10. The van der Waals surface area contributed by atoms with Crippen molar-refractivity contribution < 1.29 is 5.11 Å². The van der Waals surface area contributed by atoms with Crippen LogP contribution in [-0.4, -0.2) is 39.0 Å². The molecule has 0 bridgehead atoms. The van der Waals surface area contributed by atoms with E-state index < -0.39 is 0 Å². The number of aromatic nitrogens is 2. The summed E-state index contributed by atoms with van der Waals surface area (Å²) in [4.78, 5) is 2.28. The number of likely N-dealkylation sites (tertiary alicyclic amines) is 1. The molecule has 0 amide bonds. The molecule has 4 nitrogen and oxygen atoms in total. The third kappa shape index (κ3) is 2.80. The van der Waals surface area contributed by atoms with E-state index in [1.54, 1.807) is 0 Å². The topological polar surface area (TPSA) is 41.3 Å². The highest BCUT2D eigenvalue weighted by atomic mass is 79.9. The van der Waals surface area contributed by atoms with Gasteiger partial charge in [0.25, 0.3) is 0 Å². The fraction of sp³-hybridized carbons (Fsp3) is 0.700. The number of β-amino-alcohol motifs (C(OH)–C–C–N with tert-alkyl or cyclic N) is 1. The van der Waals surface area contributed by atoms with Crippen LogP contribution in [0.15, 0.2) is 10.7 Å². The van der Waals surface area contributed by atoms with Gasteiger partial charge in [-0.15, -0.1) is 0 Å². The van der Waals surface area contributed by atoms with E-state index in [0.29, 0.717) is 0 Å². The number of hydrogen-bond acceptors (Lipinski definition) is 3. The summed E-state index contributed by atoms with van der Waals surface area (Å²) in [6, 6.07) is 2.03. The molecule has 1 aromatic heterocycles. The van der Waals surface area contributed by atoms with Crippen LogP contribution in [0.3, 0.4) is 0 Å². The van der Waals surface area contributed by atoms with Crippen molar-refractivity contribution >= 4 is 15.9 Å². The molecule has 1 atom stereocenters. The minimum Gasteiger partial charge on any atom is -0.392 e. The predicted octanol–water partition coefficient (Wildman–Crippen LogP) is 1.14. The normalized spacial score (nSPS) is 23.3. The lowest BCUT2D eigenvalue weighted by Gasteiger charge is -2.29. The molecule has 1 saturated heterocycles. The van der Waals surface area contributed by atoms with Crippen molar-refractivity contribution in [1.82, 2.24) is 14.7 Å². The van der Waals surface area contributed by atoms with Crippen molar-refractivity contribution in [3.8, 4) is 0 Å². The first-order valence-corrected chi connectivity index (χ1v) is 6.03. The first kappa shape index (κ1) is 11.1. The zero-order chi connectivity index (χ0) is 10.8. The van der Waals surface area contributed by atoms with Gasteiger partial charge in [-0.25, -0.2) is 0 Å². The van der Waals surface area contributed by atoms with Gasteiger partial charge in [-0.1, -0.05) is 0 Å². The van der Waals surface area contributed by atoms with Crippen LogP contribution in [0, 0.1) is 0 Å². The van der Waals surface area contributed by atoms with Gasteiger partial charge in [-0.3, -0.25) is 9.58 Å². The molecule has 1 aliphatic heterocycles. The smallest absolute Gasteiger partial charge is 0.128 e. The number of piperidine rings is 1. The first-order valence-electron chi connectivity index (χ1n) is 5.24. The molecule has 0 aromatic carbocycles. The predicted molar refractivity (Wildman–Crippen MR) is 61.4 cm³/mol. The molecule has 1 aliphatic rings. The molecule has 0 radical (unpaired) electrons. The zero-order valence-corrected chi connectivity index (χ0v) is 10.4. The van der Waals surface area contributed by atoms with Crippen LogP contribution in [0.5, 0.6) is 0 Å². The molecule has 1 aromatic rings. The van der Waals surface area contributed by atoms with Crippen LogP contribution in [0.2, 0.25) is 0 Å². The van der Waals surface area contributed by atoms with Crippen molar-refractivity contribution in [3.05, 3.63) is 16.4 Å². The number of aliphatic hydroxyl groups excluding tert-OH is 1. The molecular weight excluding hydrogens is 258 g/mol. The lowest BCUT2D eigenvalue weighted by molar-refractivity contribution is 0.0656. The third-order valence-corrected chi connectivity index (χ3v) is 3.20. The van der Waals surface area contributed by atoms with Gasteiger partial charge in [0.1, 0.15) is 4.60 Å². The maximum absolute atomic E-state index is 9.56. The molecule has 2 rings (SSSR count). The number of aliphatic hydroxyl groups is 1. The molecule has 15 heavy (non-hydrogen) atoms. The Labute approximate surface area is 98.0 Å². The average Bonchev–Trinajstić information content (AvgIpc) is 2.45. The lowest BCUT2D eigenvalue weighted by atomic mass is 10.1. The molecule has 0 saturated carbocycles. The Morgan fingerprint density at radius 1 is 1.67 bits per heavy atom. The summed E-state index contributed by atoms with van der Waals surface area (Å²) in [6.07, 6.45) is 1.86. The summed E-state index contributed by atoms with van der Waals surface area (Å²) in [5, 5.41) is 13.8. The molecule has 1 N–H and O–H groups in total. The minimum absolute atomic E-state index is 0.157. The summed E-state index contributed by atoms with van der Waals surface area (Å²) < 4.78 is 2.75. The summed E-state index contributed by atoms with van der Waals surface area (Å²) in [6.45, 7) is 2.72. The van der Waals surface area contributed by atoms with Crippen LogP contribution in [0.4, 0.5) is 0 Å². The van der Waals surface area contributed by atoms with Gasteiger partial charge in [-0.2, -0.15) is 5.10 Å². The Kier molecular flexibility index (Phi) is 3.43. The Morgan fingerprint density at radius 2 is 2.47 bits per heavy atom. The Bertz CT molecular complexity index is 339. The average molecular weight is 274 g/mol. The van der Waals surface area contributed by atoms with Crippen molar-refractivity contribution in [2.45, 2.75) is 25.5 Å². The quantitative estimate of drug-likeness (QED) is 0.879. The maximum atomic E-state index is 9.56. The van der Waals surface area contributed by atoms with E-state index in [1.165, 1.54) is 5.69 Å². The molecule has 5 heteroatoms. The molecule has 1 unspecified atom stereocenters. The van der Waals surface area contributed by atoms with E-state index in [-0.39, 0.29) is 6.10 Å². The summed E-state index contributed by atoms with van der Waals surface area (Å²) >= 11 is 3.36. The van der Waals surface area contributed by atoms with Gasteiger partial charge in [0.2, 0.25) is 0 Å². The van der Waals surface area contributed by atoms with Crippen LogP contribution in [0.25, 0.3) is 0 Å². The lowest BCUT2D eigenvalue weighted by Crippen LogP contribution is -2.38. The van der Waals surface area contributed by atoms with E-state index in [1.807, 2.05) is 17.8 Å². The second-order valence-electron chi connectivity index (χ2n) is 4.11. The van der Waals surface area contributed by atoms with Gasteiger partial charge >= 0.3 is 0 Å². The summed E-state index contributed by atoms with van der Waals surface area (Å²) in [5.74, 6) is 0. The fourth-order valence-electron chi connectivity index (χ4n) is 2.02. The van der Waals surface area contributed by atoms with Crippen LogP contribution >= 0.6 is 15.9 Å². The van der Waals surface area contributed by atoms with Crippen molar-refractivity contribution in [1.29, 1.82) is 0 Å². The number of aryl methyl sites for hydroxylation is 1. The molecule has 0 aliphatic carbocycles. The van der Waals surface area contributed by atoms with Crippen molar-refractivity contribution in [2.75, 3.05) is 13.1 Å². The Morgan fingerprint density at radius 3 is 3.07 bits per heavy atom. The fourth-order valence-corrected chi connectivity index (χ4v) is 2.52. The zero-order valence-electron chi connectivity index (χ0n) is 8.86. The Balaban J connectivity index is 1.99. The summed E-state index contributed by atoms with van der Waals surface area (Å²) in [7, 11) is 1.94. The van der Waals surface area contributed by atoms with Crippen LogP contribution in [0.1, 0.15) is 18.5 Å². The SMILES string of the molecule is Cn1nc(Br)cc1CN1CCCC(O)C1. The maximum Gasteiger partial charge on any atom is 0.128 e. The standard InChI is InChI=1S/C10H16BrN3O/c1-13-8(5-10(11)12-13)6-14-4-2-3-9(15)7-14/h5,9,15H,2-4,6-7H2,1H3. The number of rotatable bonds is 2. The van der Waals surface area contributed by atoms with Gasteiger partial charge < -0.3 is 5.11 Å². The molecular formula is C10H16BrN3O. The monoisotopic (exact) mass is 273 g/mol. The van der Waals surface area contributed by atoms with Gasteiger partial charge in [0.05, 0.1) is 11.8 Å². The van der Waals surface area contributed by atoms with E-state index in [9.17, 15) is 5.11 Å². The summed E-state index contributed by atoms with van der Waals surface area (Å²) in [5.41, 5.74) is 1.18. The van der Waals surface area contributed by atoms with Crippen molar-refractivity contribution in [3.63, 3.8) is 0 Å². The molecule has 0 spiro atoms. The number of nitrogens with zero attached hydrogens (tertiary/aromatic N) is 3. The highest BCUT2D eigenvalue weighted by Crippen LogP contribution is 2.15. The van der Waals surface area contributed by atoms with E-state index in [2.05, 4.69) is 25.9 Å². The minimum atomic E-state index is -0.157. The highest BCUT2D eigenvalue weighted by Gasteiger charge is 2.18. The van der Waals surface area contributed by atoms with Crippen LogP contribution in [-0.2, 0) is 13.6 Å². The number of hydrogen-bond donors (Lipinski definition) is 1. The first-order chi connectivity index (χ1) is 7.15. The molecule has 1 fully saturated rings. The van der Waals surface area contributed by atoms with E-state index >= 15 is 0 Å². The molecule has 2 heterocycles. The third-order valence-electron chi connectivity index (χ3n) is 2.81. The second kappa shape index (κ2) is 4.63. The molecule has 84 valence electrons. The van der Waals surface area contributed by atoms with Gasteiger partial charge in [0.15, 0.2) is 0 Å². The Hall–Kier alpha value is -0.390. The van der Waals surface area contributed by atoms with Gasteiger partial charge in [0, 0.05) is 20.1 Å². The second-order valence-corrected chi connectivity index (χ2v) is 4.93. The number of halogens is 1. The van der Waals surface area contributed by atoms with Crippen LogP contribution < -0.4 is 0 Å². The van der Waals surface area contributed by atoms with E-state index in [0.717, 1.165) is 37.1 Å². The largest absolute Gasteiger partial charge is 0.392 e.